The smallest absolute Gasteiger partial charge is 0.493 e. The second-order valence-electron chi connectivity index (χ2n) is 21.1. The Labute approximate surface area is 431 Å². The van der Waals surface area contributed by atoms with Crippen molar-refractivity contribution in [3.05, 3.63) is 197 Å². The first-order chi connectivity index (χ1) is 32.6. The molecule has 0 fully saturated rings. The molecule has 0 amide bonds. The fourth-order valence-corrected chi connectivity index (χ4v) is 12.6. The molecule has 0 aliphatic carbocycles. The SMILES string of the molecule is CC(C)(C)c1cc(Oc2[c-]c3c(cc2)c2ccccc2n3-c2cc(C(C)(C)C)c3[te]ccc3n2)[c-]c(N2[CH-]N(c3c(-c4ccccc4)cc(C(C)(C)C)cc3-c3ccccc3)c3ccccc32)c1.[Pt]. The van der Waals surface area contributed by atoms with Crippen LogP contribution in [0.2, 0.25) is 0 Å². The van der Waals surface area contributed by atoms with E-state index in [1.54, 1.807) is 0 Å². The van der Waals surface area contributed by atoms with Gasteiger partial charge in [-0.2, -0.15) is 0 Å². The summed E-state index contributed by atoms with van der Waals surface area (Å²) in [5, 5.41) is 2.26. The average Bonchev–Trinajstić information content (AvgIpc) is 4.05. The number of nitrogens with zero attached hydrogens (tertiary/aromatic N) is 4. The first-order valence-electron chi connectivity index (χ1n) is 23.5. The van der Waals surface area contributed by atoms with E-state index in [-0.39, 0.29) is 37.3 Å². The number of benzene rings is 7. The Kier molecular flexibility index (Phi) is 12.1. The number of hydrogen-bond acceptors (Lipinski definition) is 4. The van der Waals surface area contributed by atoms with Crippen LogP contribution in [0.3, 0.4) is 0 Å². The molecule has 10 aromatic rings. The van der Waals surface area contributed by atoms with E-state index in [2.05, 4.69) is 251 Å². The van der Waals surface area contributed by atoms with Gasteiger partial charge in [-0.3, -0.25) is 0 Å². The van der Waals surface area contributed by atoms with Crippen molar-refractivity contribution in [3.63, 3.8) is 0 Å². The van der Waals surface area contributed by atoms with Crippen LogP contribution in [0.1, 0.15) is 79.0 Å². The molecule has 7 aromatic carbocycles. The zero-order valence-corrected chi connectivity index (χ0v) is 45.2. The molecule has 5 nitrogen and oxygen atoms in total. The van der Waals surface area contributed by atoms with Gasteiger partial charge in [-0.15, -0.1) is 12.7 Å². The monoisotopic (exact) mass is 1200 g/mol. The maximum absolute atomic E-state index is 6.95. The third-order valence-electron chi connectivity index (χ3n) is 13.2. The predicted octanol–water partition coefficient (Wildman–Crippen LogP) is 16.4. The molecule has 1 aliphatic rings. The van der Waals surface area contributed by atoms with E-state index in [9.17, 15) is 0 Å². The first kappa shape index (κ1) is 46.8. The number of anilines is 4. The Morgan fingerprint density at radius 1 is 0.551 bits per heavy atom. The van der Waals surface area contributed by atoms with Crippen LogP contribution in [0.5, 0.6) is 11.5 Å². The zero-order chi connectivity index (χ0) is 47.1. The van der Waals surface area contributed by atoms with Crippen molar-refractivity contribution >= 4 is 73.9 Å². The molecule has 348 valence electrons. The van der Waals surface area contributed by atoms with E-state index < -0.39 is 20.4 Å². The van der Waals surface area contributed by atoms with Gasteiger partial charge in [0.1, 0.15) is 0 Å². The summed E-state index contributed by atoms with van der Waals surface area (Å²) in [4.78, 5) is 9.96. The summed E-state index contributed by atoms with van der Waals surface area (Å²) in [6, 6.07) is 64.3. The summed E-state index contributed by atoms with van der Waals surface area (Å²) < 4.78 is 13.0. The number of para-hydroxylation sites is 3. The van der Waals surface area contributed by atoms with Crippen LogP contribution in [-0.4, -0.2) is 30.0 Å². The van der Waals surface area contributed by atoms with Crippen LogP contribution >= 0.6 is 0 Å². The molecule has 0 unspecified atom stereocenters. The molecule has 0 radical (unpaired) electrons. The quantitative estimate of drug-likeness (QED) is 0.118. The minimum atomic E-state index is -0.412. The van der Waals surface area contributed by atoms with E-state index in [1.165, 1.54) is 36.8 Å². The second kappa shape index (κ2) is 17.8. The Morgan fingerprint density at radius 3 is 1.78 bits per heavy atom. The Morgan fingerprint density at radius 2 is 1.14 bits per heavy atom. The predicted molar refractivity (Wildman–Crippen MR) is 286 cm³/mol. The Balaban J connectivity index is 0.00000553. The van der Waals surface area contributed by atoms with Gasteiger partial charge in [0.25, 0.3) is 0 Å². The van der Waals surface area contributed by atoms with Crippen molar-refractivity contribution < 1.29 is 25.8 Å². The minimum absolute atomic E-state index is 0. The first-order valence-corrected chi connectivity index (χ1v) is 26.0. The van der Waals surface area contributed by atoms with E-state index >= 15 is 0 Å². The maximum atomic E-state index is 6.95. The van der Waals surface area contributed by atoms with Crippen molar-refractivity contribution in [2.45, 2.75) is 78.6 Å². The topological polar surface area (TPSA) is 33.5 Å². The van der Waals surface area contributed by atoms with Gasteiger partial charge in [0.2, 0.25) is 0 Å². The number of hydrogen-bond donors (Lipinski definition) is 0. The molecule has 7 heteroatoms. The van der Waals surface area contributed by atoms with Gasteiger partial charge in [0, 0.05) is 49.3 Å². The minimum Gasteiger partial charge on any atom is -0.493 e. The van der Waals surface area contributed by atoms with E-state index in [1.807, 2.05) is 6.07 Å². The van der Waals surface area contributed by atoms with Crippen LogP contribution < -0.4 is 14.5 Å². The molecule has 0 N–H and O–H groups in total. The van der Waals surface area contributed by atoms with Gasteiger partial charge in [0.05, 0.1) is 0 Å². The molecule has 1 aliphatic heterocycles. The molecule has 3 aromatic heterocycles. The molecule has 0 saturated heterocycles. The summed E-state index contributed by atoms with van der Waals surface area (Å²) in [6.07, 6.45) is 0. The number of rotatable bonds is 7. The average molecular weight is 1190 g/mol. The number of ether oxygens (including phenoxy) is 1. The molecule has 69 heavy (non-hydrogen) atoms. The van der Waals surface area contributed by atoms with Gasteiger partial charge < -0.3 is 9.80 Å². The molecular formula is C62H55N4OPtTe-3. The van der Waals surface area contributed by atoms with Crippen LogP contribution in [-0.2, 0) is 37.3 Å². The van der Waals surface area contributed by atoms with Crippen molar-refractivity contribution in [2.24, 2.45) is 0 Å². The summed E-state index contributed by atoms with van der Waals surface area (Å²) in [6.45, 7) is 22.8. The van der Waals surface area contributed by atoms with Crippen LogP contribution in [0.4, 0.5) is 22.7 Å². The number of aromatic nitrogens is 2. The fourth-order valence-electron chi connectivity index (χ4n) is 9.53. The van der Waals surface area contributed by atoms with Gasteiger partial charge in [0.15, 0.2) is 0 Å². The Hall–Kier alpha value is -5.89. The van der Waals surface area contributed by atoms with Crippen molar-refractivity contribution in [3.8, 4) is 39.6 Å². The van der Waals surface area contributed by atoms with Gasteiger partial charge >= 0.3 is 197 Å². The van der Waals surface area contributed by atoms with E-state index in [0.717, 1.165) is 61.5 Å². The van der Waals surface area contributed by atoms with E-state index in [0.29, 0.717) is 11.5 Å². The molecule has 4 heterocycles. The standard InChI is InChI=1S/C62H55N4OTe.Pt/c1-60(2,3)42-32-44(36-46(33-42)67-45-28-29-48-47-24-16-17-25-53(47)66(56(48)37-45)57-38-51(62(7,8)9)59-52(63-57)30-31-68-59)64-39-65(55-27-19-18-26-54(55)64)58-49(40-20-12-10-13-21-40)34-43(61(4,5)6)35-50(58)41-22-14-11-15-23-41;/h10-35,38-39H,1-9H3;/q-3;. The van der Waals surface area contributed by atoms with Gasteiger partial charge in [-0.05, 0) is 51.8 Å². The Bertz CT molecular complexity index is 3470. The zero-order valence-electron chi connectivity index (χ0n) is 40.6. The third-order valence-corrected chi connectivity index (χ3v) is 15.9. The number of fused-ring (bicyclic) bond motifs is 5. The van der Waals surface area contributed by atoms with Crippen molar-refractivity contribution in [2.75, 3.05) is 9.80 Å². The summed E-state index contributed by atoms with van der Waals surface area (Å²) >= 11 is -0.412. The molecule has 0 spiro atoms. The normalized spacial score (nSPS) is 13.1. The molecule has 0 atom stereocenters. The second-order valence-corrected chi connectivity index (χ2v) is 23.7. The summed E-state index contributed by atoms with van der Waals surface area (Å²) in [7, 11) is 0. The van der Waals surface area contributed by atoms with Gasteiger partial charge in [-0.25, -0.2) is 0 Å². The van der Waals surface area contributed by atoms with Crippen molar-refractivity contribution in [1.29, 1.82) is 0 Å². The van der Waals surface area contributed by atoms with Gasteiger partial charge in [-0.1, -0.05) is 114 Å². The van der Waals surface area contributed by atoms with E-state index in [4.69, 9.17) is 9.72 Å². The third kappa shape index (κ3) is 8.65. The summed E-state index contributed by atoms with van der Waals surface area (Å²) in [5.74, 6) is 2.15. The van der Waals surface area contributed by atoms with Crippen molar-refractivity contribution in [1.82, 2.24) is 9.55 Å². The molecule has 11 rings (SSSR count). The number of pyridine rings is 1. The van der Waals surface area contributed by atoms with Crippen LogP contribution in [0, 0.1) is 18.8 Å². The van der Waals surface area contributed by atoms with Crippen LogP contribution in [0.25, 0.3) is 58.8 Å². The molecular weight excluding hydrogens is 1140 g/mol. The molecule has 0 saturated carbocycles. The fraction of sp³-hybridized carbons (Fsp3) is 0.194. The molecule has 0 bridgehead atoms. The van der Waals surface area contributed by atoms with Crippen LogP contribution in [0.15, 0.2) is 162 Å². The summed E-state index contributed by atoms with van der Waals surface area (Å²) in [5.41, 5.74) is 15.5.